The number of halogens is 1. The topological polar surface area (TPSA) is 67.1 Å². The zero-order chi connectivity index (χ0) is 15.8. The van der Waals surface area contributed by atoms with Crippen LogP contribution in [0.4, 0.5) is 0 Å². The molecule has 1 aliphatic rings. The fourth-order valence-electron chi connectivity index (χ4n) is 2.55. The zero-order valence-corrected chi connectivity index (χ0v) is 13.6. The second kappa shape index (κ2) is 5.76. The van der Waals surface area contributed by atoms with Gasteiger partial charge in [0.2, 0.25) is 0 Å². The maximum Gasteiger partial charge on any atom is 0.160 e. The van der Waals surface area contributed by atoms with Crippen LogP contribution in [0.5, 0.6) is 0 Å². The molecule has 4 nitrogen and oxygen atoms in total. The summed E-state index contributed by atoms with van der Waals surface area (Å²) in [6, 6.07) is 15.7. The van der Waals surface area contributed by atoms with E-state index in [0.29, 0.717) is 11.0 Å². The van der Waals surface area contributed by atoms with E-state index in [4.69, 9.17) is 17.3 Å². The Kier molecular flexibility index (Phi) is 3.59. The predicted molar refractivity (Wildman–Crippen MR) is 97.5 cm³/mol. The first-order valence-corrected chi connectivity index (χ1v) is 8.38. The van der Waals surface area contributed by atoms with Crippen molar-refractivity contribution in [1.29, 1.82) is 0 Å². The van der Waals surface area contributed by atoms with Crippen molar-refractivity contribution < 1.29 is 0 Å². The summed E-state index contributed by atoms with van der Waals surface area (Å²) in [6.07, 6.45) is 2.04. The normalized spacial score (nSPS) is 17.9. The van der Waals surface area contributed by atoms with E-state index in [-0.39, 0.29) is 5.25 Å². The first-order chi connectivity index (χ1) is 11.2. The number of nitrogens with two attached hydrogens (primary N) is 1. The number of fused-ring (bicyclic) bond motifs is 1. The lowest BCUT2D eigenvalue weighted by Gasteiger charge is -2.18. The number of amidine groups is 1. The molecule has 3 N–H and O–H groups in total. The molecule has 23 heavy (non-hydrogen) atoms. The van der Waals surface area contributed by atoms with E-state index in [1.54, 1.807) is 0 Å². The molecule has 1 aromatic heterocycles. The number of para-hydroxylation sites is 2. The molecule has 1 aliphatic heterocycles. The molecule has 114 valence electrons. The van der Waals surface area contributed by atoms with Gasteiger partial charge in [-0.2, -0.15) is 0 Å². The van der Waals surface area contributed by atoms with E-state index in [1.807, 2.05) is 54.6 Å². The molecule has 2 heterocycles. The fourth-order valence-corrected chi connectivity index (χ4v) is 3.81. The summed E-state index contributed by atoms with van der Waals surface area (Å²) < 4.78 is 0. The maximum absolute atomic E-state index is 6.32. The third-order valence-electron chi connectivity index (χ3n) is 3.63. The van der Waals surface area contributed by atoms with E-state index in [1.165, 1.54) is 11.8 Å². The SMILES string of the molecule is NC1=NC(c2nc3ccccc3[nH]2)=CC(c2ccccc2Cl)S1. The molecular formula is C17H13ClN4S. The van der Waals surface area contributed by atoms with Crippen LogP contribution in [-0.2, 0) is 0 Å². The molecule has 2 aromatic carbocycles. The van der Waals surface area contributed by atoms with Crippen molar-refractivity contribution in [1.82, 2.24) is 9.97 Å². The van der Waals surface area contributed by atoms with Gasteiger partial charge in [-0.25, -0.2) is 9.98 Å². The fraction of sp³-hybridized carbons (Fsp3) is 0.0588. The van der Waals surface area contributed by atoms with Gasteiger partial charge in [0.1, 0.15) is 5.70 Å². The van der Waals surface area contributed by atoms with Crippen LogP contribution in [0.15, 0.2) is 59.6 Å². The summed E-state index contributed by atoms with van der Waals surface area (Å²) >= 11 is 7.80. The highest BCUT2D eigenvalue weighted by molar-refractivity contribution is 8.14. The van der Waals surface area contributed by atoms with E-state index < -0.39 is 0 Å². The van der Waals surface area contributed by atoms with Crippen molar-refractivity contribution in [2.45, 2.75) is 5.25 Å². The summed E-state index contributed by atoms with van der Waals surface area (Å²) in [5.74, 6) is 0.714. The quantitative estimate of drug-likeness (QED) is 0.728. The Morgan fingerprint density at radius 2 is 1.87 bits per heavy atom. The molecule has 0 saturated carbocycles. The number of benzene rings is 2. The van der Waals surface area contributed by atoms with Gasteiger partial charge in [0, 0.05) is 5.02 Å². The molecule has 3 aromatic rings. The molecule has 0 aliphatic carbocycles. The monoisotopic (exact) mass is 340 g/mol. The minimum absolute atomic E-state index is 0.0180. The number of thioether (sulfide) groups is 1. The lowest BCUT2D eigenvalue weighted by Crippen LogP contribution is -2.13. The summed E-state index contributed by atoms with van der Waals surface area (Å²) in [7, 11) is 0. The average Bonchev–Trinajstić information content (AvgIpc) is 2.99. The van der Waals surface area contributed by atoms with Crippen molar-refractivity contribution in [3.8, 4) is 0 Å². The van der Waals surface area contributed by atoms with Crippen molar-refractivity contribution in [3.05, 3.63) is 71.0 Å². The van der Waals surface area contributed by atoms with Gasteiger partial charge >= 0.3 is 0 Å². The van der Waals surface area contributed by atoms with Gasteiger partial charge in [-0.15, -0.1) is 0 Å². The van der Waals surface area contributed by atoms with Gasteiger partial charge in [-0.1, -0.05) is 53.7 Å². The largest absolute Gasteiger partial charge is 0.378 e. The minimum atomic E-state index is 0.0180. The number of aliphatic imine (C=N–C) groups is 1. The number of aromatic amines is 1. The van der Waals surface area contributed by atoms with E-state index in [2.05, 4.69) is 15.0 Å². The second-order valence-corrected chi connectivity index (χ2v) is 6.73. The number of H-pyrrole nitrogens is 1. The van der Waals surface area contributed by atoms with Crippen molar-refractivity contribution in [2.24, 2.45) is 10.7 Å². The Bertz CT molecular complexity index is 911. The van der Waals surface area contributed by atoms with Gasteiger partial charge in [-0.05, 0) is 29.8 Å². The summed E-state index contributed by atoms with van der Waals surface area (Å²) in [4.78, 5) is 12.3. The standard InChI is InChI=1S/C17H13ClN4S/c18-11-6-2-1-5-10(11)15-9-14(22-17(19)23-15)16-20-12-7-3-4-8-13(12)21-16/h1-9,15H,(H2,19,22)(H,20,21). The minimum Gasteiger partial charge on any atom is -0.378 e. The van der Waals surface area contributed by atoms with Gasteiger partial charge < -0.3 is 10.7 Å². The number of hydrogen-bond acceptors (Lipinski definition) is 4. The molecule has 1 unspecified atom stereocenters. The maximum atomic E-state index is 6.32. The number of nitrogens with zero attached hydrogens (tertiary/aromatic N) is 2. The lowest BCUT2D eigenvalue weighted by molar-refractivity contribution is 1.18. The predicted octanol–water partition coefficient (Wildman–Crippen LogP) is 4.36. The molecule has 0 spiro atoms. The van der Waals surface area contributed by atoms with Crippen LogP contribution < -0.4 is 5.73 Å². The van der Waals surface area contributed by atoms with Gasteiger partial charge in [-0.3, -0.25) is 0 Å². The van der Waals surface area contributed by atoms with Gasteiger partial charge in [0.15, 0.2) is 11.0 Å². The van der Waals surface area contributed by atoms with Gasteiger partial charge in [0.25, 0.3) is 0 Å². The molecule has 0 amide bonds. The highest BCUT2D eigenvalue weighted by atomic mass is 35.5. The van der Waals surface area contributed by atoms with Crippen molar-refractivity contribution in [3.63, 3.8) is 0 Å². The third kappa shape index (κ3) is 2.73. The van der Waals surface area contributed by atoms with Crippen LogP contribution in [0.3, 0.4) is 0 Å². The highest BCUT2D eigenvalue weighted by Crippen LogP contribution is 2.39. The zero-order valence-electron chi connectivity index (χ0n) is 12.0. The molecule has 0 bridgehead atoms. The molecule has 0 radical (unpaired) electrons. The molecular weight excluding hydrogens is 328 g/mol. The average molecular weight is 341 g/mol. The Balaban J connectivity index is 1.78. The van der Waals surface area contributed by atoms with Crippen LogP contribution in [0.1, 0.15) is 16.6 Å². The van der Waals surface area contributed by atoms with Crippen LogP contribution in [0, 0.1) is 0 Å². The molecule has 4 rings (SSSR count). The van der Waals surface area contributed by atoms with Crippen molar-refractivity contribution in [2.75, 3.05) is 0 Å². The molecule has 1 atom stereocenters. The third-order valence-corrected chi connectivity index (χ3v) is 4.95. The van der Waals surface area contributed by atoms with E-state index in [9.17, 15) is 0 Å². The Morgan fingerprint density at radius 3 is 2.70 bits per heavy atom. The molecule has 6 heteroatoms. The van der Waals surface area contributed by atoms with Crippen LogP contribution >= 0.6 is 23.4 Å². The van der Waals surface area contributed by atoms with Crippen LogP contribution in [0.2, 0.25) is 5.02 Å². The van der Waals surface area contributed by atoms with E-state index in [0.717, 1.165) is 27.3 Å². The molecule has 0 fully saturated rings. The number of hydrogen-bond donors (Lipinski definition) is 2. The van der Waals surface area contributed by atoms with E-state index >= 15 is 0 Å². The lowest BCUT2D eigenvalue weighted by atomic mass is 10.1. The Labute approximate surface area is 142 Å². The first-order valence-electron chi connectivity index (χ1n) is 7.13. The number of rotatable bonds is 2. The highest BCUT2D eigenvalue weighted by Gasteiger charge is 2.21. The first kappa shape index (κ1) is 14.4. The Morgan fingerprint density at radius 1 is 1.09 bits per heavy atom. The Hall–Kier alpha value is -2.24. The van der Waals surface area contributed by atoms with Crippen molar-refractivity contribution >= 4 is 45.3 Å². The molecule has 0 saturated heterocycles. The summed E-state index contributed by atoms with van der Waals surface area (Å²) in [5, 5.41) is 1.25. The summed E-state index contributed by atoms with van der Waals surface area (Å²) in [6.45, 7) is 0. The van der Waals surface area contributed by atoms with Crippen LogP contribution in [-0.4, -0.2) is 15.1 Å². The number of aromatic nitrogens is 2. The summed E-state index contributed by atoms with van der Waals surface area (Å²) in [5.41, 5.74) is 9.66. The second-order valence-electron chi connectivity index (χ2n) is 5.16. The number of imidazole rings is 1. The number of nitrogens with one attached hydrogen (secondary N) is 1. The van der Waals surface area contributed by atoms with Gasteiger partial charge in [0.05, 0.1) is 16.3 Å². The smallest absolute Gasteiger partial charge is 0.160 e. The van der Waals surface area contributed by atoms with Crippen LogP contribution in [0.25, 0.3) is 16.7 Å².